The molecule has 1 aromatic rings. The van der Waals surface area contributed by atoms with E-state index in [1.807, 2.05) is 7.11 Å². The van der Waals surface area contributed by atoms with Gasteiger partial charge >= 0.3 is 0 Å². The van der Waals surface area contributed by atoms with Crippen molar-refractivity contribution in [1.29, 1.82) is 0 Å². The van der Waals surface area contributed by atoms with Crippen molar-refractivity contribution in [2.24, 2.45) is 5.92 Å². The van der Waals surface area contributed by atoms with E-state index in [1.165, 1.54) is 5.56 Å². The number of ether oxygens (including phenoxy) is 1. The molecule has 0 radical (unpaired) electrons. The van der Waals surface area contributed by atoms with E-state index in [9.17, 15) is 0 Å². The maximum atomic E-state index is 5.52. The second-order valence-electron chi connectivity index (χ2n) is 4.36. The monoisotopic (exact) mass is 205 g/mol. The first kappa shape index (κ1) is 10.7. The molecule has 0 amide bonds. The van der Waals surface area contributed by atoms with Crippen molar-refractivity contribution in [1.82, 2.24) is 5.32 Å². The van der Waals surface area contributed by atoms with Crippen LogP contribution in [0.1, 0.15) is 24.9 Å². The molecule has 0 aromatic heterocycles. The summed E-state index contributed by atoms with van der Waals surface area (Å²) >= 11 is 0. The van der Waals surface area contributed by atoms with E-state index < -0.39 is 0 Å². The maximum Gasteiger partial charge on any atom is 0.0627 e. The number of benzene rings is 1. The number of methoxy groups -OCH3 is 1. The van der Waals surface area contributed by atoms with Crippen molar-refractivity contribution < 1.29 is 4.74 Å². The van der Waals surface area contributed by atoms with Gasteiger partial charge in [-0.1, -0.05) is 37.3 Å². The molecule has 2 heteroatoms. The number of piperidine rings is 1. The van der Waals surface area contributed by atoms with Gasteiger partial charge in [0.25, 0.3) is 0 Å². The fourth-order valence-electron chi connectivity index (χ4n) is 2.28. The summed E-state index contributed by atoms with van der Waals surface area (Å²) in [5.41, 5.74) is 1.37. The van der Waals surface area contributed by atoms with E-state index in [2.05, 4.69) is 42.6 Å². The molecule has 0 saturated carbocycles. The van der Waals surface area contributed by atoms with Crippen LogP contribution >= 0.6 is 0 Å². The molecule has 1 fully saturated rings. The highest BCUT2D eigenvalue weighted by atomic mass is 16.5. The molecule has 0 bridgehead atoms. The highest BCUT2D eigenvalue weighted by Crippen LogP contribution is 2.27. The molecular formula is C13H19NO. The molecule has 1 heterocycles. The lowest BCUT2D eigenvalue weighted by Gasteiger charge is -2.34. The highest BCUT2D eigenvalue weighted by Gasteiger charge is 2.27. The molecule has 2 rings (SSSR count). The van der Waals surface area contributed by atoms with E-state index in [1.54, 1.807) is 0 Å². The molecular weight excluding hydrogens is 186 g/mol. The third-order valence-electron chi connectivity index (χ3n) is 3.29. The first-order chi connectivity index (χ1) is 7.31. The molecule has 1 aliphatic rings. The van der Waals surface area contributed by atoms with Crippen LogP contribution in [0.4, 0.5) is 0 Å². The van der Waals surface area contributed by atoms with E-state index in [0.717, 1.165) is 13.0 Å². The predicted octanol–water partition coefficient (Wildman–Crippen LogP) is 2.37. The van der Waals surface area contributed by atoms with Gasteiger partial charge in [0.2, 0.25) is 0 Å². The lowest BCUT2D eigenvalue weighted by atomic mass is 9.89. The van der Waals surface area contributed by atoms with Crippen LogP contribution < -0.4 is 5.32 Å². The van der Waals surface area contributed by atoms with Gasteiger partial charge in [-0.2, -0.15) is 0 Å². The molecule has 2 nitrogen and oxygen atoms in total. The molecule has 15 heavy (non-hydrogen) atoms. The highest BCUT2D eigenvalue weighted by molar-refractivity contribution is 5.19. The second kappa shape index (κ2) is 4.77. The van der Waals surface area contributed by atoms with Gasteiger partial charge in [0, 0.05) is 19.7 Å². The summed E-state index contributed by atoms with van der Waals surface area (Å²) in [7, 11) is 1.81. The van der Waals surface area contributed by atoms with Crippen LogP contribution in [-0.4, -0.2) is 19.8 Å². The van der Waals surface area contributed by atoms with Crippen molar-refractivity contribution in [3.05, 3.63) is 35.9 Å². The summed E-state index contributed by atoms with van der Waals surface area (Å²) in [6, 6.07) is 11.1. The lowest BCUT2D eigenvalue weighted by molar-refractivity contribution is 0.0236. The van der Waals surface area contributed by atoms with Crippen molar-refractivity contribution in [2.45, 2.75) is 25.5 Å². The van der Waals surface area contributed by atoms with Crippen LogP contribution in [-0.2, 0) is 4.74 Å². The van der Waals surface area contributed by atoms with Crippen molar-refractivity contribution in [2.75, 3.05) is 13.7 Å². The van der Waals surface area contributed by atoms with Gasteiger partial charge in [0.05, 0.1) is 6.10 Å². The molecule has 82 valence electrons. The minimum Gasteiger partial charge on any atom is -0.381 e. The molecule has 0 aliphatic carbocycles. The van der Waals surface area contributed by atoms with Crippen LogP contribution in [0.15, 0.2) is 30.3 Å². The summed E-state index contributed by atoms with van der Waals surface area (Å²) in [4.78, 5) is 0. The zero-order valence-corrected chi connectivity index (χ0v) is 9.44. The second-order valence-corrected chi connectivity index (χ2v) is 4.36. The molecule has 0 spiro atoms. The predicted molar refractivity (Wildman–Crippen MR) is 61.8 cm³/mol. The average molecular weight is 205 g/mol. The lowest BCUT2D eigenvalue weighted by Crippen LogP contribution is -2.41. The Balaban J connectivity index is 2.06. The van der Waals surface area contributed by atoms with Gasteiger partial charge < -0.3 is 10.1 Å². The summed E-state index contributed by atoms with van der Waals surface area (Å²) < 4.78 is 5.52. The minimum atomic E-state index is 0.386. The molecule has 1 aromatic carbocycles. The van der Waals surface area contributed by atoms with Gasteiger partial charge in [0.15, 0.2) is 0 Å². The van der Waals surface area contributed by atoms with Gasteiger partial charge in [-0.15, -0.1) is 0 Å². The Morgan fingerprint density at radius 1 is 1.27 bits per heavy atom. The molecule has 2 unspecified atom stereocenters. The van der Waals surface area contributed by atoms with Crippen LogP contribution in [0.25, 0.3) is 0 Å². The summed E-state index contributed by atoms with van der Waals surface area (Å²) in [5.74, 6) is 0.606. The molecule has 1 aliphatic heterocycles. The van der Waals surface area contributed by atoms with Crippen LogP contribution in [0, 0.1) is 5.92 Å². The van der Waals surface area contributed by atoms with Gasteiger partial charge in [-0.25, -0.2) is 0 Å². The Hall–Kier alpha value is -0.860. The zero-order valence-electron chi connectivity index (χ0n) is 9.44. The topological polar surface area (TPSA) is 21.3 Å². The van der Waals surface area contributed by atoms with Crippen LogP contribution in [0.5, 0.6) is 0 Å². The first-order valence-electron chi connectivity index (χ1n) is 5.62. The Morgan fingerprint density at radius 3 is 2.67 bits per heavy atom. The average Bonchev–Trinajstić information content (AvgIpc) is 2.31. The smallest absolute Gasteiger partial charge is 0.0627 e. The normalized spacial score (nSPS) is 31.5. The SMILES string of the molecule is COC1C[C@H](c2ccccc2)NCC1C. The quantitative estimate of drug-likeness (QED) is 0.800. The Morgan fingerprint density at radius 2 is 2.00 bits per heavy atom. The number of hydrogen-bond donors (Lipinski definition) is 1. The number of hydrogen-bond acceptors (Lipinski definition) is 2. The Bertz CT molecular complexity index is 299. The first-order valence-corrected chi connectivity index (χ1v) is 5.62. The van der Waals surface area contributed by atoms with Crippen LogP contribution in [0.2, 0.25) is 0 Å². The molecule has 3 atom stereocenters. The van der Waals surface area contributed by atoms with Crippen molar-refractivity contribution in [3.8, 4) is 0 Å². The van der Waals surface area contributed by atoms with Gasteiger partial charge in [-0.3, -0.25) is 0 Å². The maximum absolute atomic E-state index is 5.52. The Labute approximate surface area is 91.6 Å². The Kier molecular flexibility index (Phi) is 3.39. The largest absolute Gasteiger partial charge is 0.381 e. The fourth-order valence-corrected chi connectivity index (χ4v) is 2.28. The molecule has 1 N–H and O–H groups in total. The minimum absolute atomic E-state index is 0.386. The van der Waals surface area contributed by atoms with E-state index >= 15 is 0 Å². The number of rotatable bonds is 2. The number of nitrogens with one attached hydrogen (secondary N) is 1. The van der Waals surface area contributed by atoms with Gasteiger partial charge in [-0.05, 0) is 17.9 Å². The van der Waals surface area contributed by atoms with Crippen molar-refractivity contribution >= 4 is 0 Å². The van der Waals surface area contributed by atoms with E-state index in [-0.39, 0.29) is 0 Å². The summed E-state index contributed by atoms with van der Waals surface area (Å²) in [6.07, 6.45) is 1.46. The zero-order chi connectivity index (χ0) is 10.7. The summed E-state index contributed by atoms with van der Waals surface area (Å²) in [5, 5.41) is 3.57. The summed E-state index contributed by atoms with van der Waals surface area (Å²) in [6.45, 7) is 3.28. The van der Waals surface area contributed by atoms with Gasteiger partial charge in [0.1, 0.15) is 0 Å². The third kappa shape index (κ3) is 2.39. The van der Waals surface area contributed by atoms with E-state index in [0.29, 0.717) is 18.1 Å². The van der Waals surface area contributed by atoms with Crippen molar-refractivity contribution in [3.63, 3.8) is 0 Å². The van der Waals surface area contributed by atoms with E-state index in [4.69, 9.17) is 4.74 Å². The standard InChI is InChI=1S/C13H19NO/c1-10-9-14-12(8-13(10)15-2)11-6-4-3-5-7-11/h3-7,10,12-14H,8-9H2,1-2H3/t10?,12-,13?/m1/s1. The molecule has 1 saturated heterocycles. The fraction of sp³-hybridized carbons (Fsp3) is 0.538. The third-order valence-corrected chi connectivity index (χ3v) is 3.29. The van der Waals surface area contributed by atoms with Crippen LogP contribution in [0.3, 0.4) is 0 Å².